The number of nitrogens with zero attached hydrogens (tertiary/aromatic N) is 1. The molecular formula is C8H12N2OS. The molecule has 0 aromatic carbocycles. The summed E-state index contributed by atoms with van der Waals surface area (Å²) in [5.74, 6) is 0.260. The summed E-state index contributed by atoms with van der Waals surface area (Å²) in [6.45, 7) is 3.58. The first kappa shape index (κ1) is 8.16. The number of thiazole rings is 1. The molecular weight excluding hydrogens is 172 g/mol. The first-order valence-electron chi connectivity index (χ1n) is 4.08. The van der Waals surface area contributed by atoms with Crippen LogP contribution in [0, 0.1) is 6.92 Å². The summed E-state index contributed by atoms with van der Waals surface area (Å²) in [5.41, 5.74) is 0. The molecule has 0 unspecified atom stereocenters. The summed E-state index contributed by atoms with van der Waals surface area (Å²) >= 11 is 1.68. The van der Waals surface area contributed by atoms with Gasteiger partial charge in [-0.2, -0.15) is 0 Å². The van der Waals surface area contributed by atoms with Crippen LogP contribution in [0.1, 0.15) is 15.8 Å². The molecule has 2 rings (SSSR count). The fourth-order valence-corrected chi connectivity index (χ4v) is 2.45. The van der Waals surface area contributed by atoms with Gasteiger partial charge < -0.3 is 10.4 Å². The highest BCUT2D eigenvalue weighted by molar-refractivity contribution is 7.11. The van der Waals surface area contributed by atoms with Gasteiger partial charge in [-0.25, -0.2) is 4.98 Å². The normalized spacial score (nSPS) is 29.5. The Morgan fingerprint density at radius 3 is 3.00 bits per heavy atom. The number of nitrogens with one attached hydrogen (secondary N) is 1. The third kappa shape index (κ3) is 1.37. The minimum Gasteiger partial charge on any atom is -0.391 e. The van der Waals surface area contributed by atoms with Gasteiger partial charge >= 0.3 is 0 Å². The third-order valence-corrected chi connectivity index (χ3v) is 3.23. The van der Waals surface area contributed by atoms with E-state index in [0.29, 0.717) is 6.54 Å². The van der Waals surface area contributed by atoms with E-state index in [-0.39, 0.29) is 12.0 Å². The highest BCUT2D eigenvalue weighted by atomic mass is 32.1. The number of aliphatic hydroxyl groups excluding tert-OH is 1. The zero-order chi connectivity index (χ0) is 8.55. The second kappa shape index (κ2) is 3.12. The van der Waals surface area contributed by atoms with E-state index in [9.17, 15) is 5.11 Å². The van der Waals surface area contributed by atoms with Crippen molar-refractivity contribution < 1.29 is 5.11 Å². The molecule has 2 atom stereocenters. The molecule has 0 spiro atoms. The maximum Gasteiger partial charge on any atom is 0.0896 e. The highest BCUT2D eigenvalue weighted by Gasteiger charge is 2.27. The van der Waals surface area contributed by atoms with Gasteiger partial charge in [-0.15, -0.1) is 11.3 Å². The van der Waals surface area contributed by atoms with Crippen LogP contribution in [0.2, 0.25) is 0 Å². The average molecular weight is 184 g/mol. The number of aromatic nitrogens is 1. The number of aliphatic hydroxyl groups is 1. The maximum atomic E-state index is 9.57. The van der Waals surface area contributed by atoms with Crippen LogP contribution in [0.25, 0.3) is 0 Å². The lowest BCUT2D eigenvalue weighted by Crippen LogP contribution is -2.15. The second-order valence-corrected chi connectivity index (χ2v) is 4.38. The fourth-order valence-electron chi connectivity index (χ4n) is 1.50. The molecule has 66 valence electrons. The molecule has 12 heavy (non-hydrogen) atoms. The Balaban J connectivity index is 2.19. The first-order valence-corrected chi connectivity index (χ1v) is 4.90. The minimum absolute atomic E-state index is 0.232. The zero-order valence-electron chi connectivity index (χ0n) is 6.95. The largest absolute Gasteiger partial charge is 0.391 e. The van der Waals surface area contributed by atoms with E-state index in [1.807, 2.05) is 13.1 Å². The Kier molecular flexibility index (Phi) is 2.12. The van der Waals surface area contributed by atoms with Crippen LogP contribution in [-0.4, -0.2) is 29.3 Å². The summed E-state index contributed by atoms with van der Waals surface area (Å²) in [4.78, 5) is 5.37. The zero-order valence-corrected chi connectivity index (χ0v) is 7.77. The van der Waals surface area contributed by atoms with Crippen molar-refractivity contribution in [2.45, 2.75) is 18.9 Å². The quantitative estimate of drug-likeness (QED) is 0.668. The summed E-state index contributed by atoms with van der Waals surface area (Å²) < 4.78 is 0. The SMILES string of the molecule is Cc1ncc([C@@H]2CNC[C@H]2O)s1. The Bertz CT molecular complexity index is 274. The van der Waals surface area contributed by atoms with Gasteiger partial charge in [0.15, 0.2) is 0 Å². The molecule has 0 amide bonds. The van der Waals surface area contributed by atoms with Gasteiger partial charge in [0.1, 0.15) is 0 Å². The summed E-state index contributed by atoms with van der Waals surface area (Å²) in [6, 6.07) is 0. The van der Waals surface area contributed by atoms with Gasteiger partial charge in [0, 0.05) is 30.1 Å². The molecule has 0 aliphatic carbocycles. The molecule has 1 fully saturated rings. The number of hydrogen-bond acceptors (Lipinski definition) is 4. The Morgan fingerprint density at radius 1 is 1.67 bits per heavy atom. The molecule has 2 N–H and O–H groups in total. The molecule has 0 radical (unpaired) electrons. The van der Waals surface area contributed by atoms with Crippen LogP contribution in [0.3, 0.4) is 0 Å². The van der Waals surface area contributed by atoms with Crippen molar-refractivity contribution in [3.8, 4) is 0 Å². The topological polar surface area (TPSA) is 45.2 Å². The molecule has 1 aromatic heterocycles. The lowest BCUT2D eigenvalue weighted by Gasteiger charge is -2.09. The number of aryl methyl sites for hydroxylation is 1. The number of β-amino-alcohol motifs (C(OH)–C–C–N with tert-alkyl or cyclic N) is 1. The minimum atomic E-state index is -0.232. The van der Waals surface area contributed by atoms with Crippen molar-refractivity contribution in [1.29, 1.82) is 0 Å². The van der Waals surface area contributed by atoms with Crippen LogP contribution in [0.4, 0.5) is 0 Å². The van der Waals surface area contributed by atoms with Crippen LogP contribution in [0.5, 0.6) is 0 Å². The van der Waals surface area contributed by atoms with Gasteiger partial charge in [-0.3, -0.25) is 0 Å². The summed E-state index contributed by atoms with van der Waals surface area (Å²) in [7, 11) is 0. The standard InChI is InChI=1S/C8H12N2OS/c1-5-10-4-8(12-5)6-2-9-3-7(6)11/h4,6-7,9,11H,2-3H2,1H3/t6-,7-/m1/s1. The van der Waals surface area contributed by atoms with E-state index in [4.69, 9.17) is 0 Å². The fraction of sp³-hybridized carbons (Fsp3) is 0.625. The van der Waals surface area contributed by atoms with E-state index < -0.39 is 0 Å². The predicted molar refractivity (Wildman–Crippen MR) is 48.5 cm³/mol. The lowest BCUT2D eigenvalue weighted by atomic mass is 10.1. The second-order valence-electron chi connectivity index (χ2n) is 3.11. The molecule has 3 nitrogen and oxygen atoms in total. The Hall–Kier alpha value is -0.450. The van der Waals surface area contributed by atoms with Gasteiger partial charge in [0.2, 0.25) is 0 Å². The van der Waals surface area contributed by atoms with Crippen molar-refractivity contribution in [1.82, 2.24) is 10.3 Å². The van der Waals surface area contributed by atoms with Crippen LogP contribution >= 0.6 is 11.3 Å². The molecule has 2 heterocycles. The predicted octanol–water partition coefficient (Wildman–Crippen LogP) is 0.499. The molecule has 1 saturated heterocycles. The van der Waals surface area contributed by atoms with Crippen molar-refractivity contribution in [2.75, 3.05) is 13.1 Å². The van der Waals surface area contributed by atoms with E-state index >= 15 is 0 Å². The molecule has 0 bridgehead atoms. The van der Waals surface area contributed by atoms with Crippen LogP contribution < -0.4 is 5.32 Å². The molecule has 1 aliphatic heterocycles. The van der Waals surface area contributed by atoms with E-state index in [1.165, 1.54) is 4.88 Å². The van der Waals surface area contributed by atoms with Gasteiger partial charge in [0.25, 0.3) is 0 Å². The number of hydrogen-bond donors (Lipinski definition) is 2. The van der Waals surface area contributed by atoms with E-state index in [2.05, 4.69) is 10.3 Å². The van der Waals surface area contributed by atoms with Gasteiger partial charge in [-0.05, 0) is 6.92 Å². The van der Waals surface area contributed by atoms with Crippen LogP contribution in [0.15, 0.2) is 6.20 Å². The van der Waals surface area contributed by atoms with Gasteiger partial charge in [0.05, 0.1) is 11.1 Å². The first-order chi connectivity index (χ1) is 5.77. The van der Waals surface area contributed by atoms with Gasteiger partial charge in [-0.1, -0.05) is 0 Å². The maximum absolute atomic E-state index is 9.57. The average Bonchev–Trinajstić information content (AvgIpc) is 2.58. The third-order valence-electron chi connectivity index (χ3n) is 2.19. The Labute approximate surface area is 75.5 Å². The number of rotatable bonds is 1. The van der Waals surface area contributed by atoms with Crippen molar-refractivity contribution >= 4 is 11.3 Å². The lowest BCUT2D eigenvalue weighted by molar-refractivity contribution is 0.179. The smallest absolute Gasteiger partial charge is 0.0896 e. The van der Waals surface area contributed by atoms with Crippen molar-refractivity contribution in [3.05, 3.63) is 16.1 Å². The monoisotopic (exact) mass is 184 g/mol. The van der Waals surface area contributed by atoms with Crippen LogP contribution in [-0.2, 0) is 0 Å². The van der Waals surface area contributed by atoms with Crippen molar-refractivity contribution in [3.63, 3.8) is 0 Å². The molecule has 4 heteroatoms. The summed E-state index contributed by atoms with van der Waals surface area (Å²) in [5, 5.41) is 13.8. The Morgan fingerprint density at radius 2 is 2.50 bits per heavy atom. The summed E-state index contributed by atoms with van der Waals surface area (Å²) in [6.07, 6.45) is 1.64. The van der Waals surface area contributed by atoms with E-state index in [1.54, 1.807) is 11.3 Å². The molecule has 1 aliphatic rings. The highest BCUT2D eigenvalue weighted by Crippen LogP contribution is 2.27. The van der Waals surface area contributed by atoms with E-state index in [0.717, 1.165) is 11.6 Å². The molecule has 1 aromatic rings. The molecule has 0 saturated carbocycles. The van der Waals surface area contributed by atoms with Crippen molar-refractivity contribution in [2.24, 2.45) is 0 Å².